The van der Waals surface area contributed by atoms with Gasteiger partial charge in [0.25, 0.3) is 0 Å². The first-order valence-corrected chi connectivity index (χ1v) is 8.62. The van der Waals surface area contributed by atoms with Crippen molar-refractivity contribution in [1.29, 1.82) is 0 Å². The molecule has 0 spiro atoms. The Bertz CT molecular complexity index is 736. The first-order valence-electron chi connectivity index (χ1n) is 8.62. The number of cyclic esters (lactones) is 1. The quantitative estimate of drug-likeness (QED) is 0.831. The molecule has 0 radical (unpaired) electrons. The summed E-state index contributed by atoms with van der Waals surface area (Å²) in [5.74, 6) is -0.276. The van der Waals surface area contributed by atoms with Gasteiger partial charge in [-0.25, -0.2) is 4.79 Å². The van der Waals surface area contributed by atoms with Gasteiger partial charge in [0.05, 0.1) is 5.56 Å². The van der Waals surface area contributed by atoms with Crippen LogP contribution in [0.4, 0.5) is 0 Å². The number of benzene rings is 2. The molecule has 3 rings (SSSR count). The highest BCUT2D eigenvalue weighted by atomic mass is 16.6. The Hall–Kier alpha value is -2.13. The van der Waals surface area contributed by atoms with E-state index in [1.165, 1.54) is 11.1 Å². The molecule has 3 heteroatoms. The second kappa shape index (κ2) is 7.18. The summed E-state index contributed by atoms with van der Waals surface area (Å²) in [4.78, 5) is 12.3. The van der Waals surface area contributed by atoms with Crippen molar-refractivity contribution in [3.63, 3.8) is 0 Å². The van der Waals surface area contributed by atoms with Gasteiger partial charge >= 0.3 is 5.97 Å². The molecule has 2 aromatic rings. The standard InChI is InChI=1S/C19H21NO2.C2H6/c1-12(2)20-19(15-10-9-13(3)14(4)11-15)17-8-6-5-7-16(17)18(21)22-19;1-2/h5-12,20H,1-4H3;1-2H3. The monoisotopic (exact) mass is 325 g/mol. The van der Waals surface area contributed by atoms with Crippen molar-refractivity contribution in [3.8, 4) is 0 Å². The summed E-state index contributed by atoms with van der Waals surface area (Å²) < 4.78 is 5.86. The molecule has 0 amide bonds. The smallest absolute Gasteiger partial charge is 0.340 e. The lowest BCUT2D eigenvalue weighted by Crippen LogP contribution is -2.47. The van der Waals surface area contributed by atoms with Crippen LogP contribution in [0.25, 0.3) is 0 Å². The number of esters is 1. The number of carbonyl (C=O) groups is 1. The van der Waals surface area contributed by atoms with Gasteiger partial charge in [0.2, 0.25) is 5.72 Å². The maximum atomic E-state index is 12.3. The van der Waals surface area contributed by atoms with Crippen molar-refractivity contribution in [1.82, 2.24) is 5.32 Å². The fraction of sp³-hybridized carbons (Fsp3) is 0.381. The predicted octanol–water partition coefficient (Wildman–Crippen LogP) is 4.70. The van der Waals surface area contributed by atoms with E-state index in [9.17, 15) is 4.79 Å². The van der Waals surface area contributed by atoms with Crippen molar-refractivity contribution < 1.29 is 9.53 Å². The summed E-state index contributed by atoms with van der Waals surface area (Å²) in [5, 5.41) is 3.46. The van der Waals surface area contributed by atoms with Crippen LogP contribution in [0.5, 0.6) is 0 Å². The highest BCUT2D eigenvalue weighted by Gasteiger charge is 2.47. The number of fused-ring (bicyclic) bond motifs is 1. The number of hydrogen-bond acceptors (Lipinski definition) is 3. The van der Waals surface area contributed by atoms with Crippen molar-refractivity contribution in [2.75, 3.05) is 0 Å². The van der Waals surface area contributed by atoms with E-state index in [0.29, 0.717) is 5.56 Å². The molecule has 24 heavy (non-hydrogen) atoms. The van der Waals surface area contributed by atoms with Crippen LogP contribution in [0.2, 0.25) is 0 Å². The van der Waals surface area contributed by atoms with Gasteiger partial charge in [-0.1, -0.05) is 50.2 Å². The molecule has 1 atom stereocenters. The number of nitrogens with one attached hydrogen (secondary N) is 1. The van der Waals surface area contributed by atoms with E-state index >= 15 is 0 Å². The molecule has 1 unspecified atom stereocenters. The van der Waals surface area contributed by atoms with Crippen LogP contribution in [0.1, 0.15) is 60.3 Å². The minimum absolute atomic E-state index is 0.167. The first-order chi connectivity index (χ1) is 11.4. The van der Waals surface area contributed by atoms with Crippen LogP contribution in [-0.4, -0.2) is 12.0 Å². The second-order valence-corrected chi connectivity index (χ2v) is 6.21. The van der Waals surface area contributed by atoms with E-state index in [-0.39, 0.29) is 12.0 Å². The van der Waals surface area contributed by atoms with Crippen LogP contribution < -0.4 is 5.32 Å². The van der Waals surface area contributed by atoms with Crippen molar-refractivity contribution in [2.24, 2.45) is 0 Å². The van der Waals surface area contributed by atoms with Gasteiger partial charge in [0, 0.05) is 17.2 Å². The Morgan fingerprint density at radius 2 is 1.67 bits per heavy atom. The van der Waals surface area contributed by atoms with Crippen LogP contribution in [0.15, 0.2) is 42.5 Å². The molecule has 1 heterocycles. The van der Waals surface area contributed by atoms with Gasteiger partial charge in [-0.2, -0.15) is 0 Å². The van der Waals surface area contributed by atoms with Gasteiger partial charge < -0.3 is 4.74 Å². The summed E-state index contributed by atoms with van der Waals surface area (Å²) in [6.07, 6.45) is 0. The van der Waals surface area contributed by atoms with Gasteiger partial charge in [-0.05, 0) is 44.9 Å². The molecule has 2 aromatic carbocycles. The van der Waals surface area contributed by atoms with Crippen LogP contribution in [-0.2, 0) is 10.5 Å². The molecule has 0 saturated heterocycles. The largest absolute Gasteiger partial charge is 0.431 e. The zero-order chi connectivity index (χ0) is 17.9. The van der Waals surface area contributed by atoms with E-state index in [4.69, 9.17) is 4.74 Å². The Labute approximate surface area is 145 Å². The van der Waals surface area contributed by atoms with Gasteiger partial charge in [-0.3, -0.25) is 5.32 Å². The van der Waals surface area contributed by atoms with Crippen molar-refractivity contribution in [2.45, 2.75) is 53.3 Å². The maximum Gasteiger partial charge on any atom is 0.340 e. The second-order valence-electron chi connectivity index (χ2n) is 6.21. The third-order valence-electron chi connectivity index (χ3n) is 4.18. The average Bonchev–Trinajstić information content (AvgIpc) is 2.85. The molecule has 128 valence electrons. The van der Waals surface area contributed by atoms with E-state index in [1.54, 1.807) is 0 Å². The SMILES string of the molecule is CC.Cc1ccc(C2(NC(C)C)OC(=O)c3ccccc32)cc1C. The Balaban J connectivity index is 0.00000100. The number of rotatable bonds is 3. The van der Waals surface area contributed by atoms with Crippen LogP contribution in [0.3, 0.4) is 0 Å². The lowest BCUT2D eigenvalue weighted by atomic mass is 9.90. The van der Waals surface area contributed by atoms with E-state index in [2.05, 4.69) is 45.1 Å². The third-order valence-corrected chi connectivity index (χ3v) is 4.18. The third kappa shape index (κ3) is 3.09. The fourth-order valence-electron chi connectivity index (χ4n) is 2.99. The average molecular weight is 325 g/mol. The molecule has 0 aliphatic carbocycles. The minimum atomic E-state index is -0.902. The first kappa shape index (κ1) is 18.2. The summed E-state index contributed by atoms with van der Waals surface area (Å²) in [7, 11) is 0. The normalized spacial score (nSPS) is 18.7. The molecule has 1 aliphatic rings. The van der Waals surface area contributed by atoms with E-state index in [1.807, 2.05) is 44.2 Å². The maximum absolute atomic E-state index is 12.3. The zero-order valence-electron chi connectivity index (χ0n) is 15.4. The molecular formula is C21H27NO2. The molecule has 0 saturated carbocycles. The van der Waals surface area contributed by atoms with Crippen molar-refractivity contribution in [3.05, 3.63) is 70.3 Å². The van der Waals surface area contributed by atoms with Crippen LogP contribution >= 0.6 is 0 Å². The number of aryl methyl sites for hydroxylation is 2. The zero-order valence-corrected chi connectivity index (χ0v) is 15.4. The van der Waals surface area contributed by atoms with E-state index in [0.717, 1.165) is 11.1 Å². The molecule has 0 fully saturated rings. The van der Waals surface area contributed by atoms with E-state index < -0.39 is 5.72 Å². The number of hydrogen-bond donors (Lipinski definition) is 1. The molecule has 1 N–H and O–H groups in total. The molecule has 0 bridgehead atoms. The summed E-state index contributed by atoms with van der Waals surface area (Å²) in [6, 6.07) is 14.0. The molecule has 0 aromatic heterocycles. The van der Waals surface area contributed by atoms with Crippen molar-refractivity contribution >= 4 is 5.97 Å². The highest BCUT2D eigenvalue weighted by molar-refractivity contribution is 5.95. The summed E-state index contributed by atoms with van der Waals surface area (Å²) in [6.45, 7) is 12.3. The predicted molar refractivity (Wildman–Crippen MR) is 98.2 cm³/mol. The summed E-state index contributed by atoms with van der Waals surface area (Å²) in [5.41, 5.74) is 3.98. The lowest BCUT2D eigenvalue weighted by molar-refractivity contribution is -0.00869. The topological polar surface area (TPSA) is 38.3 Å². The Morgan fingerprint density at radius 3 is 2.29 bits per heavy atom. The fourth-order valence-corrected chi connectivity index (χ4v) is 2.99. The minimum Gasteiger partial charge on any atom is -0.431 e. The number of ether oxygens (including phenoxy) is 1. The lowest BCUT2D eigenvalue weighted by Gasteiger charge is -2.33. The van der Waals surface area contributed by atoms with Gasteiger partial charge in [0.1, 0.15) is 0 Å². The van der Waals surface area contributed by atoms with Crippen LogP contribution in [0, 0.1) is 13.8 Å². The molecular weight excluding hydrogens is 298 g/mol. The number of carbonyl (C=O) groups excluding carboxylic acids is 1. The Kier molecular flexibility index (Phi) is 5.45. The van der Waals surface area contributed by atoms with Gasteiger partial charge in [0.15, 0.2) is 0 Å². The van der Waals surface area contributed by atoms with Gasteiger partial charge in [-0.15, -0.1) is 0 Å². The Morgan fingerprint density at radius 1 is 1.00 bits per heavy atom. The summed E-state index contributed by atoms with van der Waals surface area (Å²) >= 11 is 0. The highest BCUT2D eigenvalue weighted by Crippen LogP contribution is 2.40. The molecule has 3 nitrogen and oxygen atoms in total. The molecule has 1 aliphatic heterocycles.